The van der Waals surface area contributed by atoms with Crippen LogP contribution in [-0.2, 0) is 18.4 Å². The molecule has 1 aromatic heterocycles. The molecule has 0 radical (unpaired) electrons. The number of hydrogen-bond donors (Lipinski definition) is 1. The van der Waals surface area contributed by atoms with Crippen molar-refractivity contribution in [3.05, 3.63) is 15.6 Å². The number of hydrogen-bond acceptors (Lipinski definition) is 3. The van der Waals surface area contributed by atoms with Crippen LogP contribution in [0.25, 0.3) is 0 Å². The van der Waals surface area contributed by atoms with E-state index >= 15 is 0 Å². The molecule has 3 rings (SSSR count). The van der Waals surface area contributed by atoms with Crippen molar-refractivity contribution in [2.75, 3.05) is 7.05 Å². The normalized spacial score (nSPS) is 31.6. The van der Waals surface area contributed by atoms with Gasteiger partial charge in [-0.25, -0.2) is 4.98 Å². The van der Waals surface area contributed by atoms with Crippen LogP contribution in [0.5, 0.6) is 0 Å². The van der Waals surface area contributed by atoms with Crippen LogP contribution in [0.2, 0.25) is 0 Å². The molecule has 0 amide bonds. The van der Waals surface area contributed by atoms with Gasteiger partial charge in [0.2, 0.25) is 0 Å². The molecule has 0 spiro atoms. The molecule has 1 saturated carbocycles. The van der Waals surface area contributed by atoms with Gasteiger partial charge in [0.1, 0.15) is 5.01 Å². The zero-order valence-electron chi connectivity index (χ0n) is 11.0. The Morgan fingerprint density at radius 2 is 2.12 bits per heavy atom. The van der Waals surface area contributed by atoms with Crippen LogP contribution in [0.4, 0.5) is 0 Å². The fourth-order valence-electron chi connectivity index (χ4n) is 3.19. The van der Waals surface area contributed by atoms with Gasteiger partial charge in [-0.05, 0) is 51.0 Å². The van der Waals surface area contributed by atoms with Gasteiger partial charge in [0.15, 0.2) is 0 Å². The van der Waals surface area contributed by atoms with Gasteiger partial charge >= 0.3 is 0 Å². The number of nitrogens with zero attached hydrogens (tertiary/aromatic N) is 1. The minimum Gasteiger partial charge on any atom is -0.308 e. The lowest BCUT2D eigenvalue weighted by molar-refractivity contribution is 0.0748. The van der Waals surface area contributed by atoms with Crippen LogP contribution in [0.3, 0.4) is 0 Å². The van der Waals surface area contributed by atoms with Gasteiger partial charge in [-0.3, -0.25) is 0 Å². The highest BCUT2D eigenvalue weighted by Crippen LogP contribution is 2.50. The molecule has 0 atom stereocenters. The summed E-state index contributed by atoms with van der Waals surface area (Å²) in [7, 11) is 2.10. The topological polar surface area (TPSA) is 24.9 Å². The smallest absolute Gasteiger partial charge is 0.113 e. The second-order valence-corrected chi connectivity index (χ2v) is 7.07. The molecule has 1 fully saturated rings. The summed E-state index contributed by atoms with van der Waals surface area (Å²) < 4.78 is 0. The van der Waals surface area contributed by atoms with Crippen LogP contribution in [0.15, 0.2) is 0 Å². The van der Waals surface area contributed by atoms with E-state index in [1.54, 1.807) is 4.88 Å². The summed E-state index contributed by atoms with van der Waals surface area (Å²) in [5.41, 5.74) is 1.61. The summed E-state index contributed by atoms with van der Waals surface area (Å²) in [6.45, 7) is 4.68. The van der Waals surface area contributed by atoms with Crippen LogP contribution in [-0.4, -0.2) is 12.0 Å². The van der Waals surface area contributed by atoms with Crippen molar-refractivity contribution in [3.8, 4) is 0 Å². The predicted octanol–water partition coefficient (Wildman–Crippen LogP) is 3.11. The molecule has 0 unspecified atom stereocenters. The maximum atomic E-state index is 4.91. The van der Waals surface area contributed by atoms with E-state index in [0.29, 0.717) is 0 Å². The molecule has 0 aliphatic heterocycles. The standard InChI is InChI=1S/C14H22N2S/c1-9(2)10-7-14(8-10,15-3)13-16-11-5-4-6-12(11)17-13/h9-10,15H,4-8H2,1-3H3. The largest absolute Gasteiger partial charge is 0.308 e. The second kappa shape index (κ2) is 4.06. The van der Waals surface area contributed by atoms with Crippen molar-refractivity contribution in [1.82, 2.24) is 10.3 Å². The molecule has 94 valence electrons. The van der Waals surface area contributed by atoms with Gasteiger partial charge in [-0.15, -0.1) is 11.3 Å². The first-order chi connectivity index (χ1) is 8.14. The maximum Gasteiger partial charge on any atom is 0.113 e. The quantitative estimate of drug-likeness (QED) is 0.891. The van der Waals surface area contributed by atoms with Gasteiger partial charge in [-0.1, -0.05) is 13.8 Å². The van der Waals surface area contributed by atoms with Crippen molar-refractivity contribution in [1.29, 1.82) is 0 Å². The van der Waals surface area contributed by atoms with Gasteiger partial charge < -0.3 is 5.32 Å². The van der Waals surface area contributed by atoms with E-state index in [-0.39, 0.29) is 5.54 Å². The van der Waals surface area contributed by atoms with Gasteiger partial charge in [0, 0.05) is 4.88 Å². The van der Waals surface area contributed by atoms with Crippen molar-refractivity contribution in [3.63, 3.8) is 0 Å². The van der Waals surface area contributed by atoms with E-state index in [9.17, 15) is 0 Å². The lowest BCUT2D eigenvalue weighted by Crippen LogP contribution is -2.52. The first kappa shape index (κ1) is 11.7. The SMILES string of the molecule is CNC1(c2nc3c(s2)CCC3)CC(C(C)C)C1. The van der Waals surface area contributed by atoms with E-state index in [0.717, 1.165) is 11.8 Å². The lowest BCUT2D eigenvalue weighted by atomic mass is 9.64. The van der Waals surface area contributed by atoms with Gasteiger partial charge in [-0.2, -0.15) is 0 Å². The average Bonchev–Trinajstić information content (AvgIpc) is 2.76. The molecule has 2 aliphatic carbocycles. The summed E-state index contributed by atoms with van der Waals surface area (Å²) >= 11 is 1.97. The Bertz CT molecular complexity index is 394. The fraction of sp³-hybridized carbons (Fsp3) is 0.786. The third kappa shape index (κ3) is 1.75. The summed E-state index contributed by atoms with van der Waals surface area (Å²) in [5.74, 6) is 1.68. The van der Waals surface area contributed by atoms with Crippen LogP contribution in [0, 0.1) is 11.8 Å². The van der Waals surface area contributed by atoms with Crippen molar-refractivity contribution < 1.29 is 0 Å². The van der Waals surface area contributed by atoms with Crippen LogP contribution < -0.4 is 5.32 Å². The van der Waals surface area contributed by atoms with E-state index in [4.69, 9.17) is 4.98 Å². The molecule has 3 heteroatoms. The summed E-state index contributed by atoms with van der Waals surface area (Å²) in [4.78, 5) is 6.46. The molecule has 2 nitrogen and oxygen atoms in total. The Morgan fingerprint density at radius 3 is 2.71 bits per heavy atom. The molecular formula is C14H22N2S. The lowest BCUT2D eigenvalue weighted by Gasteiger charge is -2.48. The van der Waals surface area contributed by atoms with E-state index < -0.39 is 0 Å². The third-order valence-electron chi connectivity index (χ3n) is 4.65. The van der Waals surface area contributed by atoms with Crippen molar-refractivity contribution in [2.45, 2.75) is 51.5 Å². The average molecular weight is 250 g/mol. The van der Waals surface area contributed by atoms with Crippen molar-refractivity contribution >= 4 is 11.3 Å². The zero-order valence-corrected chi connectivity index (χ0v) is 11.9. The number of aromatic nitrogens is 1. The number of aryl methyl sites for hydroxylation is 2. The molecule has 0 saturated heterocycles. The Hall–Kier alpha value is -0.410. The molecule has 0 aromatic carbocycles. The molecule has 1 N–H and O–H groups in total. The summed E-state index contributed by atoms with van der Waals surface area (Å²) in [6.07, 6.45) is 6.33. The molecule has 1 aromatic rings. The minimum atomic E-state index is 0.212. The first-order valence-corrected chi connectivity index (χ1v) is 7.64. The highest BCUT2D eigenvalue weighted by molar-refractivity contribution is 7.12. The number of nitrogens with one attached hydrogen (secondary N) is 1. The highest BCUT2D eigenvalue weighted by Gasteiger charge is 2.47. The Labute approximate surface area is 108 Å². The molecule has 0 bridgehead atoms. The predicted molar refractivity (Wildman–Crippen MR) is 72.4 cm³/mol. The molecule has 17 heavy (non-hydrogen) atoms. The van der Waals surface area contributed by atoms with E-state index in [2.05, 4.69) is 26.2 Å². The van der Waals surface area contributed by atoms with Gasteiger partial charge in [0.05, 0.1) is 11.2 Å². The van der Waals surface area contributed by atoms with Crippen LogP contribution >= 0.6 is 11.3 Å². The summed E-state index contributed by atoms with van der Waals surface area (Å²) in [6, 6.07) is 0. The monoisotopic (exact) mass is 250 g/mol. The fourth-order valence-corrected chi connectivity index (χ4v) is 4.55. The molecular weight excluding hydrogens is 228 g/mol. The van der Waals surface area contributed by atoms with Crippen molar-refractivity contribution in [2.24, 2.45) is 11.8 Å². The van der Waals surface area contributed by atoms with E-state index in [1.165, 1.54) is 42.8 Å². The third-order valence-corrected chi connectivity index (χ3v) is 6.01. The summed E-state index contributed by atoms with van der Waals surface area (Å²) in [5, 5.41) is 4.92. The molecule has 1 heterocycles. The Morgan fingerprint density at radius 1 is 1.35 bits per heavy atom. The Kier molecular flexibility index (Phi) is 2.79. The Balaban J connectivity index is 1.82. The van der Waals surface area contributed by atoms with E-state index in [1.807, 2.05) is 11.3 Å². The highest BCUT2D eigenvalue weighted by atomic mass is 32.1. The maximum absolute atomic E-state index is 4.91. The van der Waals surface area contributed by atoms with Gasteiger partial charge in [0.25, 0.3) is 0 Å². The first-order valence-electron chi connectivity index (χ1n) is 6.82. The number of fused-ring (bicyclic) bond motifs is 1. The number of thiazole rings is 1. The second-order valence-electron chi connectivity index (χ2n) is 5.99. The zero-order chi connectivity index (χ0) is 12.0. The molecule has 2 aliphatic rings. The van der Waals surface area contributed by atoms with Crippen LogP contribution in [0.1, 0.15) is 48.7 Å². The minimum absolute atomic E-state index is 0.212. The number of rotatable bonds is 3.